The maximum atomic E-state index is 13.2. The molecule has 5 nitrogen and oxygen atoms in total. The van der Waals surface area contributed by atoms with Crippen molar-refractivity contribution in [3.63, 3.8) is 0 Å². The van der Waals surface area contributed by atoms with Crippen LogP contribution in [0.3, 0.4) is 0 Å². The molecule has 0 saturated carbocycles. The number of nitrogens with two attached hydrogens (primary N) is 1. The smallest absolute Gasteiger partial charge is 0.237 e. The summed E-state index contributed by atoms with van der Waals surface area (Å²) in [6.45, 7) is 7.14. The van der Waals surface area contributed by atoms with Gasteiger partial charge < -0.3 is 21.1 Å². The third kappa shape index (κ3) is 5.52. The predicted octanol–water partition coefficient (Wildman–Crippen LogP) is 5.12. The van der Waals surface area contributed by atoms with Gasteiger partial charge >= 0.3 is 0 Å². The second kappa shape index (κ2) is 10.6. The number of nitrogens with one attached hydrogen (secondary N) is 2. The minimum absolute atomic E-state index is 0.0278. The Bertz CT molecular complexity index is 1290. The van der Waals surface area contributed by atoms with Crippen molar-refractivity contribution in [2.75, 3.05) is 19.0 Å². The molecule has 3 aromatic carbocycles. The molecule has 0 aromatic heterocycles. The summed E-state index contributed by atoms with van der Waals surface area (Å²) < 4.78 is 5.41. The van der Waals surface area contributed by atoms with Gasteiger partial charge in [-0.15, -0.1) is 0 Å². The second-order valence-corrected chi connectivity index (χ2v) is 11.0. The Balaban J connectivity index is 1.26. The summed E-state index contributed by atoms with van der Waals surface area (Å²) in [6, 6.07) is 16.9. The molecule has 0 radical (unpaired) electrons. The maximum Gasteiger partial charge on any atom is 0.237 e. The lowest BCUT2D eigenvalue weighted by molar-refractivity contribution is -0.123. The van der Waals surface area contributed by atoms with E-state index in [2.05, 4.69) is 79.9 Å². The van der Waals surface area contributed by atoms with Crippen LogP contribution in [-0.4, -0.2) is 25.6 Å². The van der Waals surface area contributed by atoms with Gasteiger partial charge in [-0.1, -0.05) is 35.9 Å². The van der Waals surface area contributed by atoms with Gasteiger partial charge in [0.1, 0.15) is 5.75 Å². The van der Waals surface area contributed by atoms with Crippen LogP contribution in [0.5, 0.6) is 5.75 Å². The highest BCUT2D eigenvalue weighted by Crippen LogP contribution is 2.35. The number of hydrogen-bond donors (Lipinski definition) is 3. The molecule has 1 unspecified atom stereocenters. The molecule has 1 aliphatic carbocycles. The minimum atomic E-state index is -0.574. The van der Waals surface area contributed by atoms with Crippen LogP contribution >= 0.6 is 0 Å². The molecule has 0 saturated heterocycles. The molecule has 0 spiro atoms. The number of rotatable bonds is 7. The van der Waals surface area contributed by atoms with E-state index in [1.54, 1.807) is 7.11 Å². The number of fused-ring (bicyclic) bond motifs is 2. The summed E-state index contributed by atoms with van der Waals surface area (Å²) in [7, 11) is 1.72. The van der Waals surface area contributed by atoms with Crippen LogP contribution in [-0.2, 0) is 30.5 Å². The summed E-state index contributed by atoms with van der Waals surface area (Å²) >= 11 is 0. The third-order valence-electron chi connectivity index (χ3n) is 8.11. The average molecular weight is 498 g/mol. The number of carbonyl (C=O) groups is 1. The minimum Gasteiger partial charge on any atom is -0.497 e. The first kappa shape index (κ1) is 25.3. The number of carbonyl (C=O) groups excluding carboxylic acids is 1. The highest BCUT2D eigenvalue weighted by atomic mass is 16.5. The number of ether oxygens (including phenoxy) is 1. The number of amides is 1. The van der Waals surface area contributed by atoms with Crippen LogP contribution in [0.15, 0.2) is 48.5 Å². The highest BCUT2D eigenvalue weighted by molar-refractivity contribution is 5.82. The average Bonchev–Trinajstić information content (AvgIpc) is 3.27. The molecule has 2 aliphatic rings. The van der Waals surface area contributed by atoms with Gasteiger partial charge in [-0.2, -0.15) is 0 Å². The lowest BCUT2D eigenvalue weighted by Crippen LogP contribution is -2.44. The normalized spacial score (nSPS) is 18.9. The monoisotopic (exact) mass is 497 g/mol. The predicted molar refractivity (Wildman–Crippen MR) is 150 cm³/mol. The Kier molecular flexibility index (Phi) is 7.25. The van der Waals surface area contributed by atoms with E-state index in [9.17, 15) is 4.79 Å². The molecule has 0 fully saturated rings. The van der Waals surface area contributed by atoms with Crippen molar-refractivity contribution in [3.05, 3.63) is 93.0 Å². The van der Waals surface area contributed by atoms with Crippen LogP contribution in [0.1, 0.15) is 57.0 Å². The zero-order valence-electron chi connectivity index (χ0n) is 22.5. The van der Waals surface area contributed by atoms with Gasteiger partial charge in [-0.3, -0.25) is 4.79 Å². The van der Waals surface area contributed by atoms with Crippen molar-refractivity contribution in [1.29, 1.82) is 0 Å². The Morgan fingerprint density at radius 2 is 1.81 bits per heavy atom. The zero-order valence-corrected chi connectivity index (χ0v) is 22.5. The number of anilines is 1. The molecule has 194 valence electrons. The van der Waals surface area contributed by atoms with Gasteiger partial charge in [0.25, 0.3) is 0 Å². The van der Waals surface area contributed by atoms with Crippen LogP contribution in [0.2, 0.25) is 0 Å². The van der Waals surface area contributed by atoms with Gasteiger partial charge in [0.2, 0.25) is 5.91 Å². The van der Waals surface area contributed by atoms with Crippen molar-refractivity contribution in [2.45, 2.75) is 65.0 Å². The van der Waals surface area contributed by atoms with Crippen LogP contribution in [0.25, 0.3) is 0 Å². The molecule has 5 heteroatoms. The van der Waals surface area contributed by atoms with E-state index in [4.69, 9.17) is 10.5 Å². The number of hydrogen-bond acceptors (Lipinski definition) is 4. The Morgan fingerprint density at radius 1 is 1.05 bits per heavy atom. The summed E-state index contributed by atoms with van der Waals surface area (Å²) in [5, 5.41) is 6.78. The first-order valence-electron chi connectivity index (χ1n) is 13.5. The van der Waals surface area contributed by atoms with E-state index in [1.165, 1.54) is 44.5 Å². The molecule has 0 bridgehead atoms. The molecule has 3 aromatic rings. The molecule has 4 N–H and O–H groups in total. The molecule has 1 aliphatic heterocycles. The topological polar surface area (TPSA) is 76.4 Å². The van der Waals surface area contributed by atoms with Gasteiger partial charge in [-0.25, -0.2) is 0 Å². The van der Waals surface area contributed by atoms with Crippen molar-refractivity contribution in [1.82, 2.24) is 5.32 Å². The molecular weight excluding hydrogens is 458 g/mol. The quantitative estimate of drug-likeness (QED) is 0.423. The molecule has 5 rings (SSSR count). The standard InChI is InChI=1S/C32H39N3O2/c1-19-11-20(2)27(21(3)12-19)18-29(33)32(36)35-31-9-10-34-30-8-5-22(16-28(30)31)13-23-14-24-6-7-26(37-4)17-25(24)15-23/h5-8,11-12,16-17,23,29,31,34H,9-10,13-15,18,33H2,1-4H3,(H,35,36)/t23?,29-,31+/m0/s1. The summed E-state index contributed by atoms with van der Waals surface area (Å²) in [4.78, 5) is 13.2. The highest BCUT2D eigenvalue weighted by Gasteiger charge is 2.27. The van der Waals surface area contributed by atoms with Crippen molar-refractivity contribution in [3.8, 4) is 5.75 Å². The first-order chi connectivity index (χ1) is 17.8. The van der Waals surface area contributed by atoms with Crippen molar-refractivity contribution < 1.29 is 9.53 Å². The largest absolute Gasteiger partial charge is 0.497 e. The third-order valence-corrected chi connectivity index (χ3v) is 8.11. The lowest BCUT2D eigenvalue weighted by atomic mass is 9.90. The van der Waals surface area contributed by atoms with E-state index in [0.717, 1.165) is 43.7 Å². The van der Waals surface area contributed by atoms with E-state index in [0.29, 0.717) is 12.3 Å². The fourth-order valence-electron chi connectivity index (χ4n) is 6.26. The molecule has 1 heterocycles. The van der Waals surface area contributed by atoms with Crippen LogP contribution in [0, 0.1) is 26.7 Å². The lowest BCUT2D eigenvalue weighted by Gasteiger charge is -2.29. The summed E-state index contributed by atoms with van der Waals surface area (Å²) in [5.74, 6) is 1.44. The van der Waals surface area contributed by atoms with Crippen LogP contribution < -0.4 is 21.1 Å². The van der Waals surface area contributed by atoms with E-state index < -0.39 is 6.04 Å². The Labute approximate surface area is 220 Å². The summed E-state index contributed by atoms with van der Waals surface area (Å²) in [6.07, 6.45) is 4.60. The molecule has 1 amide bonds. The van der Waals surface area contributed by atoms with Crippen molar-refractivity contribution >= 4 is 11.6 Å². The summed E-state index contributed by atoms with van der Waals surface area (Å²) in [5.41, 5.74) is 17.7. The van der Waals surface area contributed by atoms with E-state index in [-0.39, 0.29) is 11.9 Å². The fourth-order valence-corrected chi connectivity index (χ4v) is 6.26. The molecular formula is C32H39N3O2. The Morgan fingerprint density at radius 3 is 2.57 bits per heavy atom. The van der Waals surface area contributed by atoms with E-state index >= 15 is 0 Å². The van der Waals surface area contributed by atoms with Crippen LogP contribution in [0.4, 0.5) is 5.69 Å². The maximum absolute atomic E-state index is 13.2. The Hall–Kier alpha value is -3.31. The van der Waals surface area contributed by atoms with Crippen molar-refractivity contribution in [2.24, 2.45) is 11.7 Å². The van der Waals surface area contributed by atoms with Gasteiger partial charge in [-0.05, 0) is 116 Å². The van der Waals surface area contributed by atoms with Gasteiger partial charge in [0.05, 0.1) is 19.2 Å². The number of methoxy groups -OCH3 is 1. The zero-order chi connectivity index (χ0) is 26.1. The number of aryl methyl sites for hydroxylation is 3. The molecule has 3 atom stereocenters. The number of benzene rings is 3. The van der Waals surface area contributed by atoms with Gasteiger partial charge in [0, 0.05) is 12.2 Å². The van der Waals surface area contributed by atoms with E-state index in [1.807, 2.05) is 0 Å². The second-order valence-electron chi connectivity index (χ2n) is 11.0. The van der Waals surface area contributed by atoms with Gasteiger partial charge in [0.15, 0.2) is 0 Å². The molecule has 37 heavy (non-hydrogen) atoms. The fraction of sp³-hybridized carbons (Fsp3) is 0.406. The SMILES string of the molecule is COc1ccc2c(c1)CC(Cc1ccc3c(c1)[C@H](NC(=O)[C@@H](N)Cc1c(C)cc(C)cc1C)CCN3)C2. The first-order valence-corrected chi connectivity index (χ1v) is 13.5.